The molecular formula is C24H32N4O3. The number of nitrogens with zero attached hydrogens (tertiary/aromatic N) is 3. The number of fused-ring (bicyclic) bond motifs is 1. The molecule has 0 radical (unpaired) electrons. The average Bonchev–Trinajstić information content (AvgIpc) is 2.69. The molecule has 1 N–H and O–H groups in total. The second-order valence-corrected chi connectivity index (χ2v) is 9.57. The first-order valence-corrected chi connectivity index (χ1v) is 11.1. The summed E-state index contributed by atoms with van der Waals surface area (Å²) >= 11 is 0. The highest BCUT2D eigenvalue weighted by atomic mass is 16.6. The van der Waals surface area contributed by atoms with Crippen LogP contribution in [0.1, 0.15) is 49.7 Å². The minimum atomic E-state index is -0.536. The fraction of sp³-hybridized carbons (Fsp3) is 0.542. The number of aromatic nitrogens is 1. The van der Waals surface area contributed by atoms with Crippen LogP contribution in [0.3, 0.4) is 0 Å². The second-order valence-electron chi connectivity index (χ2n) is 9.57. The first kappa shape index (κ1) is 21.7. The summed E-state index contributed by atoms with van der Waals surface area (Å²) in [5, 5.41) is 4.30. The summed E-state index contributed by atoms with van der Waals surface area (Å²) < 4.78 is 5.76. The van der Waals surface area contributed by atoms with Crippen molar-refractivity contribution in [2.45, 2.75) is 57.8 Å². The van der Waals surface area contributed by atoms with Crippen LogP contribution in [-0.2, 0) is 11.3 Å². The van der Waals surface area contributed by atoms with E-state index in [2.05, 4.69) is 15.2 Å². The van der Waals surface area contributed by atoms with Crippen molar-refractivity contribution in [3.63, 3.8) is 0 Å². The molecule has 0 saturated carbocycles. The van der Waals surface area contributed by atoms with Crippen LogP contribution in [0.5, 0.6) is 0 Å². The predicted molar refractivity (Wildman–Crippen MR) is 120 cm³/mol. The minimum absolute atomic E-state index is 0.158. The number of carbonyl (C=O) groups excluding carboxylic acids is 2. The summed E-state index contributed by atoms with van der Waals surface area (Å²) in [4.78, 5) is 32.9. The fourth-order valence-corrected chi connectivity index (χ4v) is 4.31. The number of likely N-dealkylation sites (tertiary alicyclic amines) is 1. The van der Waals surface area contributed by atoms with E-state index in [0.29, 0.717) is 18.3 Å². The van der Waals surface area contributed by atoms with Crippen LogP contribution in [0.2, 0.25) is 0 Å². The van der Waals surface area contributed by atoms with Gasteiger partial charge in [-0.05, 0) is 57.4 Å². The normalized spacial score (nSPS) is 18.5. The first-order chi connectivity index (χ1) is 14.8. The van der Waals surface area contributed by atoms with Gasteiger partial charge in [0.15, 0.2) is 6.29 Å². The zero-order chi connectivity index (χ0) is 22.0. The maximum absolute atomic E-state index is 13.1. The molecule has 2 aliphatic heterocycles. The highest BCUT2D eigenvalue weighted by Gasteiger charge is 2.34. The summed E-state index contributed by atoms with van der Waals surface area (Å²) in [6.45, 7) is 10.4. The molecule has 0 aliphatic carbocycles. The van der Waals surface area contributed by atoms with Crippen molar-refractivity contribution in [1.82, 2.24) is 20.1 Å². The van der Waals surface area contributed by atoms with Crippen LogP contribution in [0.25, 0.3) is 10.9 Å². The number of aldehydes is 1. The van der Waals surface area contributed by atoms with E-state index in [0.717, 1.165) is 61.8 Å². The Morgan fingerprint density at radius 1 is 1.23 bits per heavy atom. The molecule has 7 heteroatoms. The molecule has 4 rings (SSSR count). The molecule has 0 spiro atoms. The molecule has 7 nitrogen and oxygen atoms in total. The molecule has 2 aromatic rings. The lowest BCUT2D eigenvalue weighted by Crippen LogP contribution is -2.60. The number of amides is 1. The number of ether oxygens (including phenoxy) is 1. The van der Waals surface area contributed by atoms with Crippen molar-refractivity contribution in [2.75, 3.05) is 26.2 Å². The highest BCUT2D eigenvalue weighted by Crippen LogP contribution is 2.25. The topological polar surface area (TPSA) is 74.8 Å². The molecule has 0 bridgehead atoms. The van der Waals surface area contributed by atoms with Crippen LogP contribution in [-0.4, -0.2) is 71.0 Å². The zero-order valence-electron chi connectivity index (χ0n) is 18.6. The van der Waals surface area contributed by atoms with Gasteiger partial charge in [0, 0.05) is 50.2 Å². The maximum atomic E-state index is 13.1. The van der Waals surface area contributed by atoms with Crippen LogP contribution in [0.15, 0.2) is 30.3 Å². The Morgan fingerprint density at radius 3 is 2.58 bits per heavy atom. The molecule has 0 unspecified atom stereocenters. The molecule has 3 heterocycles. The molecule has 166 valence electrons. The SMILES string of the molecule is CC(C)(C)OC(=O)N(Cc1ccc2nc(C=O)ccc2c1)C1CCN(C2CNC2)CC1. The Balaban J connectivity index is 1.52. The minimum Gasteiger partial charge on any atom is -0.444 e. The van der Waals surface area contributed by atoms with Gasteiger partial charge < -0.3 is 15.0 Å². The van der Waals surface area contributed by atoms with E-state index in [1.165, 1.54) is 0 Å². The van der Waals surface area contributed by atoms with Gasteiger partial charge in [0.1, 0.15) is 11.3 Å². The van der Waals surface area contributed by atoms with Gasteiger partial charge >= 0.3 is 6.09 Å². The standard InChI is InChI=1S/C24H32N4O3/c1-24(2,3)31-23(30)28(20-8-10-27(11-9-20)21-13-25-14-21)15-17-4-7-22-18(12-17)5-6-19(16-29)26-22/h4-7,12,16,20-21,25H,8-11,13-15H2,1-3H3. The number of hydrogen-bond acceptors (Lipinski definition) is 6. The van der Waals surface area contributed by atoms with Gasteiger partial charge in [-0.25, -0.2) is 9.78 Å². The van der Waals surface area contributed by atoms with Crippen LogP contribution >= 0.6 is 0 Å². The Hall–Kier alpha value is -2.51. The number of carbonyl (C=O) groups is 2. The molecular weight excluding hydrogens is 392 g/mol. The molecule has 1 aromatic carbocycles. The van der Waals surface area contributed by atoms with E-state index >= 15 is 0 Å². The van der Waals surface area contributed by atoms with Crippen molar-refractivity contribution in [3.05, 3.63) is 41.6 Å². The summed E-state index contributed by atoms with van der Waals surface area (Å²) in [5.41, 5.74) is 1.69. The Morgan fingerprint density at radius 2 is 1.97 bits per heavy atom. The lowest BCUT2D eigenvalue weighted by molar-refractivity contribution is 0.00148. The van der Waals surface area contributed by atoms with Crippen molar-refractivity contribution in [2.24, 2.45) is 0 Å². The number of pyridine rings is 1. The summed E-state index contributed by atoms with van der Waals surface area (Å²) in [6, 6.07) is 10.4. The van der Waals surface area contributed by atoms with E-state index < -0.39 is 5.60 Å². The third-order valence-electron chi connectivity index (χ3n) is 6.09. The quantitative estimate of drug-likeness (QED) is 0.743. The fourth-order valence-electron chi connectivity index (χ4n) is 4.31. The van der Waals surface area contributed by atoms with Crippen molar-refractivity contribution >= 4 is 23.3 Å². The average molecular weight is 425 g/mol. The monoisotopic (exact) mass is 424 g/mol. The number of piperidine rings is 1. The molecule has 1 aromatic heterocycles. The molecule has 2 saturated heterocycles. The van der Waals surface area contributed by atoms with Crippen LogP contribution in [0, 0.1) is 0 Å². The van der Waals surface area contributed by atoms with Crippen LogP contribution < -0.4 is 5.32 Å². The Bertz CT molecular complexity index is 943. The smallest absolute Gasteiger partial charge is 0.410 e. The van der Waals surface area contributed by atoms with Gasteiger partial charge in [-0.3, -0.25) is 9.69 Å². The molecule has 2 aliphatic rings. The van der Waals surface area contributed by atoms with Gasteiger partial charge in [-0.1, -0.05) is 12.1 Å². The Kier molecular flexibility index (Phi) is 6.25. The third-order valence-corrected chi connectivity index (χ3v) is 6.09. The number of benzene rings is 1. The number of nitrogens with one attached hydrogen (secondary N) is 1. The lowest BCUT2D eigenvalue weighted by atomic mass is 9.99. The van der Waals surface area contributed by atoms with E-state index in [1.807, 2.05) is 49.9 Å². The van der Waals surface area contributed by atoms with Gasteiger partial charge in [-0.15, -0.1) is 0 Å². The van der Waals surface area contributed by atoms with Crippen molar-refractivity contribution in [1.29, 1.82) is 0 Å². The van der Waals surface area contributed by atoms with Crippen molar-refractivity contribution < 1.29 is 14.3 Å². The van der Waals surface area contributed by atoms with E-state index in [1.54, 1.807) is 6.07 Å². The van der Waals surface area contributed by atoms with E-state index in [9.17, 15) is 9.59 Å². The largest absolute Gasteiger partial charge is 0.444 e. The Labute approximate surface area is 183 Å². The molecule has 1 amide bonds. The van der Waals surface area contributed by atoms with Crippen LogP contribution in [0.4, 0.5) is 4.79 Å². The first-order valence-electron chi connectivity index (χ1n) is 11.1. The van der Waals surface area contributed by atoms with E-state index in [4.69, 9.17) is 4.74 Å². The maximum Gasteiger partial charge on any atom is 0.410 e. The predicted octanol–water partition coefficient (Wildman–Crippen LogP) is 3.22. The highest BCUT2D eigenvalue weighted by molar-refractivity contribution is 5.84. The van der Waals surface area contributed by atoms with E-state index in [-0.39, 0.29) is 12.1 Å². The zero-order valence-corrected chi connectivity index (χ0v) is 18.6. The van der Waals surface area contributed by atoms with Gasteiger partial charge in [0.2, 0.25) is 0 Å². The van der Waals surface area contributed by atoms with Crippen molar-refractivity contribution in [3.8, 4) is 0 Å². The third kappa shape index (κ3) is 5.22. The molecule has 0 atom stereocenters. The van der Waals surface area contributed by atoms with Gasteiger partial charge in [0.05, 0.1) is 5.52 Å². The van der Waals surface area contributed by atoms with Gasteiger partial charge in [0.25, 0.3) is 0 Å². The number of rotatable bonds is 5. The lowest BCUT2D eigenvalue weighted by Gasteiger charge is -2.44. The summed E-state index contributed by atoms with van der Waals surface area (Å²) in [7, 11) is 0. The summed E-state index contributed by atoms with van der Waals surface area (Å²) in [6.07, 6.45) is 2.40. The second kappa shape index (κ2) is 8.93. The molecule has 31 heavy (non-hydrogen) atoms. The van der Waals surface area contributed by atoms with Gasteiger partial charge in [-0.2, -0.15) is 0 Å². The summed E-state index contributed by atoms with van der Waals surface area (Å²) in [5.74, 6) is 0. The number of hydrogen-bond donors (Lipinski definition) is 1. The molecule has 2 fully saturated rings.